The van der Waals surface area contributed by atoms with Gasteiger partial charge in [0.25, 0.3) is 0 Å². The summed E-state index contributed by atoms with van der Waals surface area (Å²) >= 11 is 2.01. The molecule has 0 bridgehead atoms. The summed E-state index contributed by atoms with van der Waals surface area (Å²) in [7, 11) is 3.93. The van der Waals surface area contributed by atoms with Crippen LogP contribution in [-0.2, 0) is 4.79 Å². The third-order valence-electron chi connectivity index (χ3n) is 4.17. The number of thioether (sulfide) groups is 1. The van der Waals surface area contributed by atoms with Crippen LogP contribution in [0.4, 0.5) is 11.4 Å². The minimum atomic E-state index is -0.499. The Morgan fingerprint density at radius 3 is 2.95 bits per heavy atom. The third kappa shape index (κ3) is 2.01. The van der Waals surface area contributed by atoms with Gasteiger partial charge in [0, 0.05) is 37.1 Å². The molecule has 1 aromatic rings. The van der Waals surface area contributed by atoms with E-state index in [1.54, 1.807) is 11.9 Å². The van der Waals surface area contributed by atoms with E-state index in [1.165, 1.54) is 23.6 Å². The van der Waals surface area contributed by atoms with E-state index >= 15 is 0 Å². The fourth-order valence-electron chi connectivity index (χ4n) is 2.80. The highest BCUT2D eigenvalue weighted by Gasteiger charge is 2.33. The van der Waals surface area contributed by atoms with E-state index in [4.69, 9.17) is 5.73 Å². The van der Waals surface area contributed by atoms with Crippen molar-refractivity contribution in [2.75, 3.05) is 35.4 Å². The summed E-state index contributed by atoms with van der Waals surface area (Å²) in [6.45, 7) is 0. The van der Waals surface area contributed by atoms with Crippen molar-refractivity contribution < 1.29 is 4.79 Å². The summed E-state index contributed by atoms with van der Waals surface area (Å²) in [4.78, 5) is 15.9. The van der Waals surface area contributed by atoms with E-state index in [1.807, 2.05) is 17.8 Å². The van der Waals surface area contributed by atoms with Crippen molar-refractivity contribution in [2.45, 2.75) is 18.5 Å². The van der Waals surface area contributed by atoms with Gasteiger partial charge >= 0.3 is 0 Å². The molecule has 0 radical (unpaired) electrons. The van der Waals surface area contributed by atoms with Gasteiger partial charge in [0.15, 0.2) is 0 Å². The first kappa shape index (κ1) is 12.8. The Hall–Kier alpha value is -1.20. The maximum Gasteiger partial charge on any atom is 0.248 e. The number of carbonyl (C=O) groups excluding carboxylic acids is 1. The number of likely N-dealkylation sites (N-methyl/N-ethyl adjacent to an activating group) is 1. The zero-order valence-corrected chi connectivity index (χ0v) is 12.1. The number of hydrogen-bond acceptors (Lipinski definition) is 4. The normalized spacial score (nSPS) is 25.8. The highest BCUT2D eigenvalue weighted by atomic mass is 32.2. The van der Waals surface area contributed by atoms with Gasteiger partial charge in [-0.2, -0.15) is 11.8 Å². The summed E-state index contributed by atoms with van der Waals surface area (Å²) in [5.74, 6) is 2.40. The number of nitrogens with two attached hydrogens (primary N) is 1. The quantitative estimate of drug-likeness (QED) is 0.892. The molecule has 2 N–H and O–H groups in total. The summed E-state index contributed by atoms with van der Waals surface area (Å²) in [5.41, 5.74) is 8.97. The van der Waals surface area contributed by atoms with Gasteiger partial charge < -0.3 is 15.5 Å². The van der Waals surface area contributed by atoms with Crippen molar-refractivity contribution in [1.82, 2.24) is 0 Å². The fourth-order valence-corrected chi connectivity index (χ4v) is 4.07. The SMILES string of the molecule is CN1C(=O)C(N)c2ccc(N(C)C3CCSC3)cc21. The molecule has 0 aromatic heterocycles. The van der Waals surface area contributed by atoms with E-state index in [9.17, 15) is 4.79 Å². The molecule has 2 aliphatic rings. The molecule has 0 saturated carbocycles. The summed E-state index contributed by atoms with van der Waals surface area (Å²) in [6.07, 6.45) is 1.23. The lowest BCUT2D eigenvalue weighted by Crippen LogP contribution is -2.31. The number of anilines is 2. The molecule has 2 unspecified atom stereocenters. The topological polar surface area (TPSA) is 49.6 Å². The van der Waals surface area contributed by atoms with Gasteiger partial charge in [0.1, 0.15) is 6.04 Å². The molecule has 0 spiro atoms. The lowest BCUT2D eigenvalue weighted by molar-refractivity contribution is -0.118. The van der Waals surface area contributed by atoms with Crippen LogP contribution in [0.3, 0.4) is 0 Å². The predicted molar refractivity (Wildman–Crippen MR) is 80.9 cm³/mol. The van der Waals surface area contributed by atoms with Crippen LogP contribution in [0.15, 0.2) is 18.2 Å². The van der Waals surface area contributed by atoms with Crippen LogP contribution in [0.5, 0.6) is 0 Å². The molecule has 102 valence electrons. The number of amides is 1. The molecule has 1 aromatic carbocycles. The largest absolute Gasteiger partial charge is 0.371 e. The van der Waals surface area contributed by atoms with Crippen molar-refractivity contribution in [1.29, 1.82) is 0 Å². The zero-order chi connectivity index (χ0) is 13.6. The second kappa shape index (κ2) is 4.72. The van der Waals surface area contributed by atoms with E-state index in [-0.39, 0.29) is 5.91 Å². The minimum absolute atomic E-state index is 0.0220. The van der Waals surface area contributed by atoms with Crippen molar-refractivity contribution in [3.63, 3.8) is 0 Å². The molecule has 1 amide bonds. The van der Waals surface area contributed by atoms with E-state index < -0.39 is 6.04 Å². The Bertz CT molecular complexity index is 513. The molecule has 5 heteroatoms. The number of hydrogen-bond donors (Lipinski definition) is 1. The second-order valence-electron chi connectivity index (χ2n) is 5.25. The first-order valence-corrected chi connectivity index (χ1v) is 7.72. The Morgan fingerprint density at radius 2 is 2.26 bits per heavy atom. The predicted octanol–water partition coefficient (Wildman–Crippen LogP) is 1.60. The van der Waals surface area contributed by atoms with Crippen LogP contribution < -0.4 is 15.5 Å². The number of nitrogens with zero attached hydrogens (tertiary/aromatic N) is 2. The fraction of sp³-hybridized carbons (Fsp3) is 0.500. The van der Waals surface area contributed by atoms with Gasteiger partial charge in [-0.25, -0.2) is 0 Å². The van der Waals surface area contributed by atoms with Crippen molar-refractivity contribution in [3.05, 3.63) is 23.8 Å². The van der Waals surface area contributed by atoms with Gasteiger partial charge in [-0.3, -0.25) is 4.79 Å². The average molecular weight is 277 g/mol. The van der Waals surface area contributed by atoms with Crippen LogP contribution >= 0.6 is 11.8 Å². The maximum atomic E-state index is 11.9. The van der Waals surface area contributed by atoms with Gasteiger partial charge in [-0.1, -0.05) is 6.07 Å². The van der Waals surface area contributed by atoms with E-state index in [0.717, 1.165) is 11.3 Å². The Morgan fingerprint density at radius 1 is 1.47 bits per heavy atom. The first-order chi connectivity index (χ1) is 9.09. The average Bonchev–Trinajstić information content (AvgIpc) is 3.03. The maximum absolute atomic E-state index is 11.9. The molecule has 2 atom stereocenters. The molecule has 3 rings (SSSR count). The first-order valence-electron chi connectivity index (χ1n) is 6.57. The van der Waals surface area contributed by atoms with Crippen molar-refractivity contribution in [3.8, 4) is 0 Å². The highest BCUT2D eigenvalue weighted by molar-refractivity contribution is 7.99. The highest BCUT2D eigenvalue weighted by Crippen LogP contribution is 2.37. The Kier molecular flexibility index (Phi) is 3.19. The summed E-state index contributed by atoms with van der Waals surface area (Å²) < 4.78 is 0. The van der Waals surface area contributed by atoms with Gasteiger partial charge in [0.2, 0.25) is 5.91 Å². The third-order valence-corrected chi connectivity index (χ3v) is 5.31. The standard InChI is InChI=1S/C14H19N3OS/c1-16(10-5-6-19-8-10)9-3-4-11-12(7-9)17(2)14(18)13(11)15/h3-4,7,10,13H,5-6,8,15H2,1-2H3. The monoisotopic (exact) mass is 277 g/mol. The van der Waals surface area contributed by atoms with Crippen molar-refractivity contribution >= 4 is 29.0 Å². The summed E-state index contributed by atoms with van der Waals surface area (Å²) in [6, 6.07) is 6.26. The van der Waals surface area contributed by atoms with Crippen molar-refractivity contribution in [2.24, 2.45) is 5.73 Å². The Balaban J connectivity index is 1.92. The molecule has 0 aliphatic carbocycles. The minimum Gasteiger partial charge on any atom is -0.371 e. The molecule has 1 saturated heterocycles. The molecule has 19 heavy (non-hydrogen) atoms. The van der Waals surface area contributed by atoms with E-state index in [0.29, 0.717) is 6.04 Å². The molecule has 1 fully saturated rings. The van der Waals surface area contributed by atoms with Crippen LogP contribution in [0.25, 0.3) is 0 Å². The summed E-state index contributed by atoms with van der Waals surface area (Å²) in [5, 5.41) is 0. The molecular weight excluding hydrogens is 258 g/mol. The smallest absolute Gasteiger partial charge is 0.248 e. The van der Waals surface area contributed by atoms with Gasteiger partial charge in [-0.15, -0.1) is 0 Å². The molecule has 2 aliphatic heterocycles. The second-order valence-corrected chi connectivity index (χ2v) is 6.40. The molecule has 4 nitrogen and oxygen atoms in total. The van der Waals surface area contributed by atoms with Crippen LogP contribution in [0.2, 0.25) is 0 Å². The number of fused-ring (bicyclic) bond motifs is 1. The van der Waals surface area contributed by atoms with Gasteiger partial charge in [-0.05, 0) is 24.3 Å². The van der Waals surface area contributed by atoms with Crippen LogP contribution in [0, 0.1) is 0 Å². The van der Waals surface area contributed by atoms with E-state index in [2.05, 4.69) is 24.1 Å². The molecule has 2 heterocycles. The Labute approximate surface area is 117 Å². The lowest BCUT2D eigenvalue weighted by Gasteiger charge is -2.27. The zero-order valence-electron chi connectivity index (χ0n) is 11.3. The lowest BCUT2D eigenvalue weighted by atomic mass is 10.1. The number of carbonyl (C=O) groups is 1. The molecular formula is C14H19N3OS. The van der Waals surface area contributed by atoms with Crippen LogP contribution in [-0.4, -0.2) is 37.6 Å². The van der Waals surface area contributed by atoms with Crippen LogP contribution in [0.1, 0.15) is 18.0 Å². The number of rotatable bonds is 2. The number of benzene rings is 1. The van der Waals surface area contributed by atoms with Gasteiger partial charge in [0.05, 0.1) is 5.69 Å².